The second-order valence-corrected chi connectivity index (χ2v) is 20.2. The molecule has 308 valence electrons. The molecule has 1 aromatic heterocycles. The first-order chi connectivity index (χ1) is 30.0. The molecule has 0 bridgehead atoms. The number of anilines is 1. The summed E-state index contributed by atoms with van der Waals surface area (Å²) in [5.41, 5.74) is 18.5. The van der Waals surface area contributed by atoms with E-state index in [4.69, 9.17) is 0 Å². The van der Waals surface area contributed by atoms with Crippen LogP contribution in [0.4, 0.5) is 5.69 Å². The van der Waals surface area contributed by atoms with Gasteiger partial charge < -0.3 is 9.47 Å². The average Bonchev–Trinajstić information content (AvgIpc) is 3.78. The molecule has 1 aromatic carbocycles. The van der Waals surface area contributed by atoms with Gasteiger partial charge in [0, 0.05) is 64.2 Å². The Labute approximate surface area is 365 Å². The van der Waals surface area contributed by atoms with E-state index in [1.165, 1.54) is 73.3 Å². The zero-order chi connectivity index (χ0) is 40.7. The van der Waals surface area contributed by atoms with Crippen LogP contribution in [0.3, 0.4) is 0 Å². The summed E-state index contributed by atoms with van der Waals surface area (Å²) >= 11 is 0. The van der Waals surface area contributed by atoms with Gasteiger partial charge >= 0.3 is 0 Å². The topological polar surface area (TPSA) is 8.17 Å². The molecule has 8 atom stereocenters. The number of fused-ring (bicyclic) bond motifs is 9. The van der Waals surface area contributed by atoms with Crippen LogP contribution in [0.1, 0.15) is 130 Å². The van der Waals surface area contributed by atoms with Gasteiger partial charge in [-0.05, 0) is 152 Å². The normalized spacial score (nSPS) is 32.1. The smallest absolute Gasteiger partial charge is 0.0500 e. The van der Waals surface area contributed by atoms with Gasteiger partial charge in [-0.2, -0.15) is 0 Å². The third kappa shape index (κ3) is 6.17. The summed E-state index contributed by atoms with van der Waals surface area (Å²) in [5.74, 6) is 3.08. The van der Waals surface area contributed by atoms with Gasteiger partial charge in [-0.1, -0.05) is 135 Å². The van der Waals surface area contributed by atoms with Gasteiger partial charge in [-0.3, -0.25) is 0 Å². The number of allylic oxidation sites excluding steroid dienone is 22. The van der Waals surface area contributed by atoms with Crippen LogP contribution in [0.2, 0.25) is 0 Å². The van der Waals surface area contributed by atoms with E-state index in [1.807, 2.05) is 0 Å². The first-order valence-corrected chi connectivity index (χ1v) is 24.1. The SMILES string of the molecule is CC1(C)C2=CCCCC2c2ccc(N(C3C=CC(C4=CC=CC5CC=CC=C45)CC3)C3C=CC(C4CC=CC=C4n4c5c(c6c4C=CC4=CC=CCC46)CCC=C5)CC3)cc21. The maximum atomic E-state index is 2.86. The van der Waals surface area contributed by atoms with Gasteiger partial charge in [0.15, 0.2) is 0 Å². The summed E-state index contributed by atoms with van der Waals surface area (Å²) in [6.07, 6.45) is 65.4. The summed E-state index contributed by atoms with van der Waals surface area (Å²) < 4.78 is 2.70. The number of benzene rings is 1. The predicted octanol–water partition coefficient (Wildman–Crippen LogP) is 14.5. The van der Waals surface area contributed by atoms with E-state index in [2.05, 4.69) is 169 Å². The van der Waals surface area contributed by atoms with Crippen LogP contribution in [0, 0.1) is 23.7 Å². The Kier molecular flexibility index (Phi) is 9.31. The Balaban J connectivity index is 0.877. The molecule has 0 fully saturated rings. The molecule has 1 heterocycles. The minimum atomic E-state index is 0.0901. The quantitative estimate of drug-likeness (QED) is 0.264. The van der Waals surface area contributed by atoms with E-state index < -0.39 is 0 Å². The van der Waals surface area contributed by atoms with Crippen molar-refractivity contribution >= 4 is 23.5 Å². The van der Waals surface area contributed by atoms with Gasteiger partial charge in [0.1, 0.15) is 0 Å². The fraction of sp³-hybridized carbons (Fsp3) is 0.390. The Morgan fingerprint density at radius 2 is 1.48 bits per heavy atom. The Bertz CT molecular complexity index is 2570. The van der Waals surface area contributed by atoms with Crippen LogP contribution in [0.15, 0.2) is 156 Å². The van der Waals surface area contributed by atoms with E-state index in [9.17, 15) is 0 Å². The van der Waals surface area contributed by atoms with E-state index in [0.29, 0.717) is 47.6 Å². The highest BCUT2D eigenvalue weighted by atomic mass is 15.2. The number of nitrogens with zero attached hydrogens (tertiary/aromatic N) is 2. The Morgan fingerprint density at radius 3 is 2.36 bits per heavy atom. The molecule has 0 saturated heterocycles. The molecule has 0 amide bonds. The molecule has 61 heavy (non-hydrogen) atoms. The third-order valence-electron chi connectivity index (χ3n) is 16.7. The highest BCUT2D eigenvalue weighted by molar-refractivity contribution is 5.77. The van der Waals surface area contributed by atoms with Crippen LogP contribution in [-0.2, 0) is 11.8 Å². The summed E-state index contributed by atoms with van der Waals surface area (Å²) in [4.78, 5) is 2.86. The monoisotopic (exact) mass is 798 g/mol. The van der Waals surface area contributed by atoms with Crippen LogP contribution >= 0.6 is 0 Å². The molecule has 12 rings (SSSR count). The molecule has 0 aliphatic heterocycles. The second kappa shape index (κ2) is 15.1. The molecular weight excluding hydrogens is 737 g/mol. The molecule has 0 saturated carbocycles. The molecule has 2 aromatic rings. The van der Waals surface area contributed by atoms with Crippen molar-refractivity contribution in [2.24, 2.45) is 23.7 Å². The lowest BCUT2D eigenvalue weighted by Crippen LogP contribution is -2.44. The largest absolute Gasteiger partial charge is 0.359 e. The van der Waals surface area contributed by atoms with Crippen molar-refractivity contribution in [3.05, 3.63) is 190 Å². The number of hydrogen-bond donors (Lipinski definition) is 0. The molecule has 8 unspecified atom stereocenters. The highest BCUT2D eigenvalue weighted by Crippen LogP contribution is 2.55. The fourth-order valence-electron chi connectivity index (χ4n) is 13.7. The maximum absolute atomic E-state index is 2.86. The van der Waals surface area contributed by atoms with E-state index in [-0.39, 0.29) is 5.41 Å². The lowest BCUT2D eigenvalue weighted by molar-refractivity contribution is 0.391. The van der Waals surface area contributed by atoms with E-state index >= 15 is 0 Å². The lowest BCUT2D eigenvalue weighted by atomic mass is 9.74. The molecular formula is C59H62N2. The molecule has 2 nitrogen and oxygen atoms in total. The summed E-state index contributed by atoms with van der Waals surface area (Å²) in [5, 5.41) is 0. The van der Waals surface area contributed by atoms with Gasteiger partial charge in [0.05, 0.1) is 5.69 Å². The van der Waals surface area contributed by atoms with Crippen molar-refractivity contribution in [1.29, 1.82) is 0 Å². The lowest BCUT2D eigenvalue weighted by Gasteiger charge is -2.43. The van der Waals surface area contributed by atoms with Gasteiger partial charge in [0.2, 0.25) is 0 Å². The van der Waals surface area contributed by atoms with Crippen LogP contribution in [0.25, 0.3) is 17.8 Å². The summed E-state index contributed by atoms with van der Waals surface area (Å²) in [7, 11) is 0. The molecule has 10 aliphatic rings. The molecule has 10 aliphatic carbocycles. The minimum absolute atomic E-state index is 0.0901. The maximum Gasteiger partial charge on any atom is 0.0500 e. The Morgan fingerprint density at radius 1 is 0.656 bits per heavy atom. The van der Waals surface area contributed by atoms with Crippen LogP contribution < -0.4 is 4.90 Å². The number of rotatable bonds is 6. The zero-order valence-electron chi connectivity index (χ0n) is 36.4. The van der Waals surface area contributed by atoms with Gasteiger partial charge in [-0.25, -0.2) is 0 Å². The van der Waals surface area contributed by atoms with Crippen molar-refractivity contribution in [3.8, 4) is 0 Å². The highest BCUT2D eigenvalue weighted by Gasteiger charge is 2.43. The predicted molar refractivity (Wildman–Crippen MR) is 257 cm³/mol. The van der Waals surface area contributed by atoms with Crippen molar-refractivity contribution in [2.45, 2.75) is 120 Å². The van der Waals surface area contributed by atoms with Crippen LogP contribution in [0.5, 0.6) is 0 Å². The second-order valence-electron chi connectivity index (χ2n) is 20.2. The minimum Gasteiger partial charge on any atom is -0.359 e. The van der Waals surface area contributed by atoms with Gasteiger partial charge in [-0.15, -0.1) is 0 Å². The standard InChI is InChI=1S/C59H62N2/c1-59(2)53-23-10-7-20-50(53)51-36-35-45(38-54(51)59)60(43-31-26-41(27-32-43)47-22-13-16-39-14-3-5-17-46(39)47)44-33-28-42(29-34-44)48-18-8-11-24-55(48)61-56-25-12-9-21-52(56)58-49-19-6-4-15-40(49)30-37-57(58)61/h3-6,8,11-13,15-17,22-26,28,30-31,33,35-39,41-44,48-50H,7,9-10,14,18-21,27,29,32,34H2,1-2H3. The van der Waals surface area contributed by atoms with Crippen LogP contribution in [-0.4, -0.2) is 16.7 Å². The van der Waals surface area contributed by atoms with Crippen molar-refractivity contribution in [2.75, 3.05) is 4.90 Å². The van der Waals surface area contributed by atoms with E-state index in [0.717, 1.165) is 32.1 Å². The average molecular weight is 799 g/mol. The fourth-order valence-corrected chi connectivity index (χ4v) is 13.7. The summed E-state index contributed by atoms with van der Waals surface area (Å²) in [6.45, 7) is 5.00. The summed E-state index contributed by atoms with van der Waals surface area (Å²) in [6, 6.07) is 8.44. The number of aromatic nitrogens is 1. The first-order valence-electron chi connectivity index (χ1n) is 24.1. The van der Waals surface area contributed by atoms with Crippen molar-refractivity contribution in [1.82, 2.24) is 4.57 Å². The van der Waals surface area contributed by atoms with Crippen molar-refractivity contribution < 1.29 is 0 Å². The zero-order valence-corrected chi connectivity index (χ0v) is 36.4. The molecule has 0 spiro atoms. The molecule has 0 N–H and O–H groups in total. The van der Waals surface area contributed by atoms with Crippen molar-refractivity contribution in [3.63, 3.8) is 0 Å². The van der Waals surface area contributed by atoms with Gasteiger partial charge in [0.25, 0.3) is 0 Å². The Hall–Kier alpha value is -5.08. The molecule has 2 heteroatoms. The van der Waals surface area contributed by atoms with E-state index in [1.54, 1.807) is 39.0 Å². The number of hydrogen-bond acceptors (Lipinski definition) is 1. The third-order valence-corrected chi connectivity index (χ3v) is 16.7. The molecule has 0 radical (unpaired) electrons. The first kappa shape index (κ1) is 37.7.